The van der Waals surface area contributed by atoms with Crippen LogP contribution in [-0.4, -0.2) is 51.2 Å². The lowest BCUT2D eigenvalue weighted by Gasteiger charge is -2.19. The third-order valence-corrected chi connectivity index (χ3v) is 5.70. The van der Waals surface area contributed by atoms with Crippen LogP contribution in [0.1, 0.15) is 29.3 Å². The Balaban J connectivity index is 1.12. The zero-order valence-electron chi connectivity index (χ0n) is 20.3. The number of fused-ring (bicyclic) bond motifs is 2. The minimum absolute atomic E-state index is 0.00391. The number of imidazole rings is 1. The second-order valence-corrected chi connectivity index (χ2v) is 8.28. The second-order valence-electron chi connectivity index (χ2n) is 8.28. The van der Waals surface area contributed by atoms with E-state index < -0.39 is 6.09 Å². The van der Waals surface area contributed by atoms with Crippen LogP contribution < -0.4 is 21.0 Å². The Morgan fingerprint density at radius 2 is 2.16 bits per heavy atom. The first kappa shape index (κ1) is 24.3. The number of carbonyl (C=O) groups excluding carboxylic acids is 1. The molecule has 0 atom stereocenters. The molecule has 0 fully saturated rings. The number of hydrogen-bond donors (Lipinski definition) is 3. The van der Waals surface area contributed by atoms with E-state index in [2.05, 4.69) is 36.5 Å². The minimum Gasteiger partial charge on any atom is -0.446 e. The number of nitriles is 1. The zero-order chi connectivity index (χ0) is 26.5. The highest BCUT2D eigenvalue weighted by Crippen LogP contribution is 2.25. The fourth-order valence-corrected chi connectivity index (χ4v) is 3.75. The number of nitrogens with zero attached hydrogens (tertiary/aromatic N) is 6. The van der Waals surface area contributed by atoms with E-state index in [1.54, 1.807) is 6.08 Å². The summed E-state index contributed by atoms with van der Waals surface area (Å²) in [4.78, 5) is 38.3. The van der Waals surface area contributed by atoms with Crippen molar-refractivity contribution >= 4 is 46.6 Å². The van der Waals surface area contributed by atoms with E-state index in [1.165, 1.54) is 6.33 Å². The summed E-state index contributed by atoms with van der Waals surface area (Å²) < 4.78 is 10.9. The van der Waals surface area contributed by atoms with Crippen molar-refractivity contribution in [1.29, 1.82) is 5.26 Å². The van der Waals surface area contributed by atoms with Crippen molar-refractivity contribution in [2.45, 2.75) is 12.8 Å². The van der Waals surface area contributed by atoms with Crippen LogP contribution in [0.2, 0.25) is 0 Å². The van der Waals surface area contributed by atoms with Gasteiger partial charge >= 0.3 is 6.09 Å². The molecule has 0 unspecified atom stereocenters. The van der Waals surface area contributed by atoms with E-state index in [-0.39, 0.29) is 18.4 Å². The van der Waals surface area contributed by atoms with Gasteiger partial charge in [0.15, 0.2) is 16.9 Å². The van der Waals surface area contributed by atoms with Gasteiger partial charge in [0.25, 0.3) is 5.88 Å². The van der Waals surface area contributed by atoms with Crippen LogP contribution >= 0.6 is 0 Å². The number of nitrogens with two attached hydrogens (primary N) is 1. The Morgan fingerprint density at radius 1 is 1.32 bits per heavy atom. The fourth-order valence-electron chi connectivity index (χ4n) is 3.75. The number of nitrogens with one attached hydrogen (secondary N) is 2. The van der Waals surface area contributed by atoms with Crippen molar-refractivity contribution < 1.29 is 18.8 Å². The van der Waals surface area contributed by atoms with Gasteiger partial charge in [-0.1, -0.05) is 18.2 Å². The van der Waals surface area contributed by atoms with Gasteiger partial charge < -0.3 is 29.6 Å². The lowest BCUT2D eigenvalue weighted by molar-refractivity contribution is 0.101. The molecule has 3 heterocycles. The molecule has 13 heteroatoms. The van der Waals surface area contributed by atoms with Gasteiger partial charge in [-0.3, -0.25) is 0 Å². The average Bonchev–Trinajstić information content (AvgIpc) is 3.57. The summed E-state index contributed by atoms with van der Waals surface area (Å²) in [5, 5.41) is 9.62. The van der Waals surface area contributed by atoms with Gasteiger partial charge in [0.1, 0.15) is 18.2 Å². The maximum absolute atomic E-state index is 12.0. The molecule has 0 radical (unpaired) electrons. The van der Waals surface area contributed by atoms with E-state index in [1.807, 2.05) is 48.4 Å². The lowest BCUT2D eigenvalue weighted by Crippen LogP contribution is -2.31. The highest BCUT2D eigenvalue weighted by atomic mass is 16.7. The topological polar surface area (TPSA) is 181 Å². The van der Waals surface area contributed by atoms with Gasteiger partial charge in [0, 0.05) is 12.7 Å². The highest BCUT2D eigenvalue weighted by Gasteiger charge is 2.17. The Kier molecular flexibility index (Phi) is 6.85. The van der Waals surface area contributed by atoms with Crippen molar-refractivity contribution in [2.75, 3.05) is 30.8 Å². The molecule has 0 spiro atoms. The molecule has 0 bridgehead atoms. The number of likely N-dealkylation sites (N-methyl/N-ethyl adjacent to an activating group) is 1. The summed E-state index contributed by atoms with van der Waals surface area (Å²) in [6.45, 7) is 0.518. The van der Waals surface area contributed by atoms with Crippen LogP contribution in [0.15, 0.2) is 41.1 Å². The summed E-state index contributed by atoms with van der Waals surface area (Å²) in [6.07, 6.45) is 7.98. The monoisotopic (exact) mass is 513 g/mol. The first-order valence-electron chi connectivity index (χ1n) is 11.7. The quantitative estimate of drug-likeness (QED) is 0.232. The van der Waals surface area contributed by atoms with Crippen LogP contribution in [0.3, 0.4) is 0 Å². The van der Waals surface area contributed by atoms with Gasteiger partial charge in [-0.2, -0.15) is 20.7 Å². The van der Waals surface area contributed by atoms with Gasteiger partial charge in [0.05, 0.1) is 18.6 Å². The predicted octanol–water partition coefficient (Wildman–Crippen LogP) is 3.10. The normalized spacial score (nSPS) is 12.6. The molecule has 1 amide bonds. The molecule has 4 aromatic rings. The lowest BCUT2D eigenvalue weighted by atomic mass is 10.1. The van der Waals surface area contributed by atoms with E-state index in [0.717, 1.165) is 29.8 Å². The molecule has 4 N–H and O–H groups in total. The fraction of sp³-hybridized carbons (Fsp3) is 0.200. The maximum atomic E-state index is 12.0. The number of aromatic nitrogens is 5. The van der Waals surface area contributed by atoms with Gasteiger partial charge in [-0.15, -0.1) is 0 Å². The molecule has 13 nitrogen and oxygen atoms in total. The number of amides is 1. The average molecular weight is 514 g/mol. The van der Waals surface area contributed by atoms with Crippen LogP contribution in [0.25, 0.3) is 28.9 Å². The van der Waals surface area contributed by atoms with Gasteiger partial charge in [-0.05, 0) is 42.7 Å². The number of hydrogen-bond acceptors (Lipinski definition) is 11. The smallest absolute Gasteiger partial charge is 0.440 e. The van der Waals surface area contributed by atoms with E-state index in [4.69, 9.17) is 19.7 Å². The number of H-pyrrole nitrogens is 1. The molecule has 3 aromatic heterocycles. The standard InChI is InChI=1S/C25H23N9O4/c1-34(10-11-36-25(35)33-38-23-20-21(29-14-28-20)31-24(27)32-23)17-8-6-15(7-9-17)12-16(13-26)22-30-18-4-2-3-5-19(18)37-22/h3,5-9,12,14H,2,4,10-11H2,1H3,(H,33,35)(H3,27,28,29,31,32)/b16-12+. The number of aryl methyl sites for hydroxylation is 1. The number of aromatic amines is 1. The number of rotatable bonds is 8. The van der Waals surface area contributed by atoms with Gasteiger partial charge in [-0.25, -0.2) is 14.8 Å². The first-order valence-corrected chi connectivity index (χ1v) is 11.7. The molecule has 1 aliphatic carbocycles. The summed E-state index contributed by atoms with van der Waals surface area (Å²) in [5.41, 5.74) is 11.4. The summed E-state index contributed by atoms with van der Waals surface area (Å²) in [5.74, 6) is 0.991. The maximum Gasteiger partial charge on any atom is 0.440 e. The summed E-state index contributed by atoms with van der Waals surface area (Å²) in [6, 6.07) is 9.75. The van der Waals surface area contributed by atoms with Crippen LogP contribution in [-0.2, 0) is 11.2 Å². The van der Waals surface area contributed by atoms with Crippen molar-refractivity contribution in [3.05, 3.63) is 59.6 Å². The first-order chi connectivity index (χ1) is 18.5. The minimum atomic E-state index is -0.799. The number of allylic oxidation sites excluding steroid dienone is 2. The Hall–Kier alpha value is -5.38. The zero-order valence-corrected chi connectivity index (χ0v) is 20.3. The molecule has 0 saturated heterocycles. The number of carbonyl (C=O) groups is 1. The predicted molar refractivity (Wildman–Crippen MR) is 138 cm³/mol. The van der Waals surface area contributed by atoms with Crippen molar-refractivity contribution in [3.8, 4) is 11.9 Å². The number of benzene rings is 1. The molecular formula is C25H23N9O4. The molecule has 5 rings (SSSR count). The van der Waals surface area contributed by atoms with Crippen molar-refractivity contribution in [1.82, 2.24) is 30.4 Å². The largest absolute Gasteiger partial charge is 0.446 e. The molecule has 0 aliphatic heterocycles. The molecule has 1 aliphatic rings. The Bertz CT molecular complexity index is 1560. The molecule has 192 valence electrons. The van der Waals surface area contributed by atoms with E-state index in [9.17, 15) is 10.1 Å². The van der Waals surface area contributed by atoms with Gasteiger partial charge in [0.2, 0.25) is 11.8 Å². The van der Waals surface area contributed by atoms with Crippen LogP contribution in [0.4, 0.5) is 16.4 Å². The SMILES string of the molecule is CN(CCOC(=O)NOc1nc(N)nc2[nH]cnc12)c1ccc(/C=C(\C#N)c2nc3c(o2)C=CCC3)cc1. The van der Waals surface area contributed by atoms with Crippen molar-refractivity contribution in [2.24, 2.45) is 0 Å². The third-order valence-electron chi connectivity index (χ3n) is 5.70. The number of ether oxygens (including phenoxy) is 1. The Labute approximate surface area is 216 Å². The Morgan fingerprint density at radius 3 is 2.95 bits per heavy atom. The summed E-state index contributed by atoms with van der Waals surface area (Å²) in [7, 11) is 1.87. The van der Waals surface area contributed by atoms with Crippen molar-refractivity contribution in [3.63, 3.8) is 0 Å². The number of anilines is 2. The third kappa shape index (κ3) is 5.39. The van der Waals surface area contributed by atoms with Crippen LogP contribution in [0.5, 0.6) is 5.88 Å². The highest BCUT2D eigenvalue weighted by molar-refractivity contribution is 5.87. The number of oxazole rings is 1. The van der Waals surface area contributed by atoms with E-state index >= 15 is 0 Å². The molecule has 0 saturated carbocycles. The van der Waals surface area contributed by atoms with E-state index in [0.29, 0.717) is 34.9 Å². The number of hydroxylamine groups is 1. The number of nitrogen functional groups attached to an aromatic ring is 1. The second kappa shape index (κ2) is 10.7. The molecule has 38 heavy (non-hydrogen) atoms. The summed E-state index contributed by atoms with van der Waals surface area (Å²) >= 11 is 0. The van der Waals surface area contributed by atoms with Crippen LogP contribution in [0, 0.1) is 11.3 Å². The molecular weight excluding hydrogens is 490 g/mol. The molecule has 1 aromatic carbocycles.